The Hall–Kier alpha value is -2.63. The van der Waals surface area contributed by atoms with E-state index in [1.807, 2.05) is 36.6 Å². The number of carbonyl (C=O) groups excluding carboxylic acids is 2. The number of thiophene rings is 1. The summed E-state index contributed by atoms with van der Waals surface area (Å²) < 4.78 is 4.92. The predicted octanol–water partition coefficient (Wildman–Crippen LogP) is 5.42. The molecule has 0 fully saturated rings. The molecule has 0 saturated heterocycles. The standard InChI is InChI=1S/C20H16ClNO3S/c1-12-6-8-13(9-7-12)16-11-26-19(17(16)20(24)25-2)22-18(23)14-4-3-5-15(21)10-14/h3-11H,1-2H3,(H,22,23). The summed E-state index contributed by atoms with van der Waals surface area (Å²) in [5.74, 6) is -0.835. The number of anilines is 1. The van der Waals surface area contributed by atoms with Crippen LogP contribution in [0.5, 0.6) is 0 Å². The summed E-state index contributed by atoms with van der Waals surface area (Å²) in [6, 6.07) is 14.4. The Balaban J connectivity index is 1.98. The average molecular weight is 386 g/mol. The molecule has 0 spiro atoms. The molecule has 3 rings (SSSR count). The van der Waals surface area contributed by atoms with Gasteiger partial charge in [-0.3, -0.25) is 4.79 Å². The summed E-state index contributed by atoms with van der Waals surface area (Å²) in [6.45, 7) is 2.00. The van der Waals surface area contributed by atoms with Crippen molar-refractivity contribution in [3.8, 4) is 11.1 Å². The highest BCUT2D eigenvalue weighted by atomic mass is 35.5. The maximum Gasteiger partial charge on any atom is 0.341 e. The fourth-order valence-electron chi connectivity index (χ4n) is 2.51. The molecule has 0 aliphatic carbocycles. The molecule has 132 valence electrons. The Labute approximate surface area is 160 Å². The highest BCUT2D eigenvalue weighted by Gasteiger charge is 2.22. The number of amides is 1. The van der Waals surface area contributed by atoms with Gasteiger partial charge in [-0.15, -0.1) is 11.3 Å². The Morgan fingerprint density at radius 3 is 2.50 bits per heavy atom. The van der Waals surface area contributed by atoms with Crippen molar-refractivity contribution in [3.05, 3.63) is 75.6 Å². The zero-order valence-electron chi connectivity index (χ0n) is 14.2. The van der Waals surface area contributed by atoms with Crippen molar-refractivity contribution < 1.29 is 14.3 Å². The molecule has 2 aromatic carbocycles. The van der Waals surface area contributed by atoms with Gasteiger partial charge in [0.15, 0.2) is 0 Å². The molecule has 26 heavy (non-hydrogen) atoms. The topological polar surface area (TPSA) is 55.4 Å². The van der Waals surface area contributed by atoms with E-state index in [1.165, 1.54) is 18.4 Å². The van der Waals surface area contributed by atoms with Gasteiger partial charge in [-0.25, -0.2) is 4.79 Å². The highest BCUT2D eigenvalue weighted by Crippen LogP contribution is 2.36. The van der Waals surface area contributed by atoms with E-state index in [9.17, 15) is 9.59 Å². The van der Waals surface area contributed by atoms with Crippen molar-refractivity contribution in [2.45, 2.75) is 6.92 Å². The molecule has 0 unspecified atom stereocenters. The Morgan fingerprint density at radius 2 is 1.85 bits per heavy atom. The van der Waals surface area contributed by atoms with E-state index in [2.05, 4.69) is 5.32 Å². The molecule has 1 N–H and O–H groups in total. The number of methoxy groups -OCH3 is 1. The average Bonchev–Trinajstić information content (AvgIpc) is 3.05. The lowest BCUT2D eigenvalue weighted by Gasteiger charge is -2.08. The van der Waals surface area contributed by atoms with Crippen LogP contribution in [0, 0.1) is 6.92 Å². The van der Waals surface area contributed by atoms with Crippen LogP contribution in [0.25, 0.3) is 11.1 Å². The fraction of sp³-hybridized carbons (Fsp3) is 0.100. The number of benzene rings is 2. The number of rotatable bonds is 4. The van der Waals surface area contributed by atoms with Gasteiger partial charge in [-0.05, 0) is 30.7 Å². The maximum absolute atomic E-state index is 12.5. The van der Waals surface area contributed by atoms with Crippen LogP contribution in [-0.4, -0.2) is 19.0 Å². The molecule has 0 aliphatic rings. The Morgan fingerprint density at radius 1 is 1.12 bits per heavy atom. The molecule has 6 heteroatoms. The third-order valence-electron chi connectivity index (χ3n) is 3.86. The van der Waals surface area contributed by atoms with Gasteiger partial charge in [-0.2, -0.15) is 0 Å². The molecule has 1 aromatic heterocycles. The number of hydrogen-bond donors (Lipinski definition) is 1. The largest absolute Gasteiger partial charge is 0.465 e. The second-order valence-corrected chi connectivity index (χ2v) is 6.99. The van der Waals surface area contributed by atoms with E-state index in [0.29, 0.717) is 21.2 Å². The van der Waals surface area contributed by atoms with E-state index in [0.717, 1.165) is 16.7 Å². The smallest absolute Gasteiger partial charge is 0.341 e. The van der Waals surface area contributed by atoms with Gasteiger partial charge in [0.1, 0.15) is 10.6 Å². The van der Waals surface area contributed by atoms with Crippen molar-refractivity contribution >= 4 is 39.8 Å². The van der Waals surface area contributed by atoms with Gasteiger partial charge >= 0.3 is 5.97 Å². The monoisotopic (exact) mass is 385 g/mol. The van der Waals surface area contributed by atoms with Crippen LogP contribution in [0.4, 0.5) is 5.00 Å². The first kappa shape index (κ1) is 18.2. The highest BCUT2D eigenvalue weighted by molar-refractivity contribution is 7.15. The lowest BCUT2D eigenvalue weighted by atomic mass is 10.0. The van der Waals surface area contributed by atoms with Crippen molar-refractivity contribution in [2.75, 3.05) is 12.4 Å². The lowest BCUT2D eigenvalue weighted by Crippen LogP contribution is -2.14. The summed E-state index contributed by atoms with van der Waals surface area (Å²) in [5, 5.41) is 5.54. The summed E-state index contributed by atoms with van der Waals surface area (Å²) in [4.78, 5) is 24.8. The van der Waals surface area contributed by atoms with Crippen molar-refractivity contribution in [1.29, 1.82) is 0 Å². The van der Waals surface area contributed by atoms with Crippen molar-refractivity contribution in [3.63, 3.8) is 0 Å². The molecule has 0 aliphatic heterocycles. The van der Waals surface area contributed by atoms with Crippen LogP contribution in [0.1, 0.15) is 26.3 Å². The molecule has 4 nitrogen and oxygen atoms in total. The lowest BCUT2D eigenvalue weighted by molar-refractivity contribution is 0.0603. The van der Waals surface area contributed by atoms with Crippen LogP contribution >= 0.6 is 22.9 Å². The first-order chi connectivity index (χ1) is 12.5. The van der Waals surface area contributed by atoms with Crippen LogP contribution in [0.3, 0.4) is 0 Å². The number of aryl methyl sites for hydroxylation is 1. The molecule has 1 amide bonds. The SMILES string of the molecule is COC(=O)c1c(-c2ccc(C)cc2)csc1NC(=O)c1cccc(Cl)c1. The second kappa shape index (κ2) is 7.72. The van der Waals surface area contributed by atoms with Crippen LogP contribution in [0.2, 0.25) is 5.02 Å². The van der Waals surface area contributed by atoms with E-state index >= 15 is 0 Å². The minimum atomic E-state index is -0.497. The number of halogens is 1. The van der Waals surface area contributed by atoms with Gasteiger partial charge in [0, 0.05) is 21.5 Å². The predicted molar refractivity (Wildman–Crippen MR) is 105 cm³/mol. The molecule has 3 aromatic rings. The quantitative estimate of drug-likeness (QED) is 0.610. The molecule has 0 radical (unpaired) electrons. The van der Waals surface area contributed by atoms with Crippen LogP contribution in [-0.2, 0) is 4.74 Å². The summed E-state index contributed by atoms with van der Waals surface area (Å²) >= 11 is 7.22. The summed E-state index contributed by atoms with van der Waals surface area (Å²) in [6.07, 6.45) is 0. The molecule has 0 bridgehead atoms. The van der Waals surface area contributed by atoms with Crippen molar-refractivity contribution in [1.82, 2.24) is 0 Å². The number of esters is 1. The third-order valence-corrected chi connectivity index (χ3v) is 4.99. The minimum absolute atomic E-state index is 0.338. The van der Waals surface area contributed by atoms with E-state index in [1.54, 1.807) is 24.3 Å². The zero-order chi connectivity index (χ0) is 18.7. The number of hydrogen-bond acceptors (Lipinski definition) is 4. The van der Waals surface area contributed by atoms with E-state index in [4.69, 9.17) is 16.3 Å². The molecule has 1 heterocycles. The number of ether oxygens (including phenoxy) is 1. The second-order valence-electron chi connectivity index (χ2n) is 5.68. The van der Waals surface area contributed by atoms with Crippen LogP contribution in [0.15, 0.2) is 53.9 Å². The van der Waals surface area contributed by atoms with Gasteiger partial charge in [0.2, 0.25) is 0 Å². The number of nitrogens with one attached hydrogen (secondary N) is 1. The maximum atomic E-state index is 12.5. The molecule has 0 saturated carbocycles. The van der Waals surface area contributed by atoms with E-state index in [-0.39, 0.29) is 5.91 Å². The Kier molecular flexibility index (Phi) is 5.40. The zero-order valence-corrected chi connectivity index (χ0v) is 15.8. The minimum Gasteiger partial charge on any atom is -0.465 e. The summed E-state index contributed by atoms with van der Waals surface area (Å²) in [5.41, 5.74) is 3.49. The van der Waals surface area contributed by atoms with Gasteiger partial charge in [-0.1, -0.05) is 47.5 Å². The molecule has 0 atom stereocenters. The Bertz CT molecular complexity index is 963. The number of carbonyl (C=O) groups is 2. The molecular weight excluding hydrogens is 370 g/mol. The van der Waals surface area contributed by atoms with Gasteiger partial charge in [0.25, 0.3) is 5.91 Å². The molecular formula is C20H16ClNO3S. The normalized spacial score (nSPS) is 10.4. The van der Waals surface area contributed by atoms with Gasteiger partial charge in [0.05, 0.1) is 7.11 Å². The van der Waals surface area contributed by atoms with Crippen LogP contribution < -0.4 is 5.32 Å². The fourth-order valence-corrected chi connectivity index (χ4v) is 3.65. The first-order valence-electron chi connectivity index (χ1n) is 7.83. The first-order valence-corrected chi connectivity index (χ1v) is 9.09. The van der Waals surface area contributed by atoms with E-state index < -0.39 is 5.97 Å². The van der Waals surface area contributed by atoms with Gasteiger partial charge < -0.3 is 10.1 Å². The van der Waals surface area contributed by atoms with Crippen molar-refractivity contribution in [2.24, 2.45) is 0 Å². The summed E-state index contributed by atoms with van der Waals surface area (Å²) in [7, 11) is 1.32. The third kappa shape index (κ3) is 3.79.